The van der Waals surface area contributed by atoms with Crippen LogP contribution in [0.5, 0.6) is 11.5 Å². The molecule has 3 rings (SSSR count). The zero-order chi connectivity index (χ0) is 23.1. The molecule has 0 spiro atoms. The number of aromatic hydroxyl groups is 2. The second-order valence-corrected chi connectivity index (χ2v) is 8.76. The average molecular weight is 505 g/mol. The van der Waals surface area contributed by atoms with E-state index in [0.29, 0.717) is 0 Å². The number of phenols is 2. The van der Waals surface area contributed by atoms with Gasteiger partial charge in [0.05, 0.1) is 26.1 Å². The zero-order valence-corrected chi connectivity index (χ0v) is 18.5. The van der Waals surface area contributed by atoms with Gasteiger partial charge in [0.1, 0.15) is 16.3 Å². The van der Waals surface area contributed by atoms with Gasteiger partial charge in [-0.1, -0.05) is 40.9 Å². The summed E-state index contributed by atoms with van der Waals surface area (Å²) in [4.78, 5) is 11.0. The molecule has 3 aromatic rings. The molecular formula is C18H12Cl3N3O6S. The van der Waals surface area contributed by atoms with E-state index in [1.54, 1.807) is 0 Å². The van der Waals surface area contributed by atoms with Crippen molar-refractivity contribution in [2.45, 2.75) is 11.8 Å². The van der Waals surface area contributed by atoms with E-state index in [4.69, 9.17) is 34.8 Å². The molecule has 0 aliphatic carbocycles. The standard InChI is InChI=1S/C18H12Cl3N3O6S/c1-7(25)22-11-4-5-13(31(28,29)30)8-2-3-12(18(27)14(8)11)23-24-16-15(21)9(19)6-10(20)17(16)26/h2-6,26-27H,1H3,(H,22,25)(H,28,29,30). The molecule has 4 N–H and O–H groups in total. The van der Waals surface area contributed by atoms with Gasteiger partial charge in [0.25, 0.3) is 10.1 Å². The predicted molar refractivity (Wildman–Crippen MR) is 117 cm³/mol. The van der Waals surface area contributed by atoms with Crippen molar-refractivity contribution in [3.05, 3.63) is 45.4 Å². The highest BCUT2D eigenvalue weighted by molar-refractivity contribution is 7.86. The third-order valence-electron chi connectivity index (χ3n) is 4.06. The lowest BCUT2D eigenvalue weighted by atomic mass is 10.1. The summed E-state index contributed by atoms with van der Waals surface area (Å²) in [5.41, 5.74) is -0.360. The summed E-state index contributed by atoms with van der Waals surface area (Å²) in [6.07, 6.45) is 0. The number of nitrogens with zero attached hydrogens (tertiary/aromatic N) is 2. The molecular weight excluding hydrogens is 493 g/mol. The molecule has 0 saturated heterocycles. The normalized spacial score (nSPS) is 11.9. The van der Waals surface area contributed by atoms with Gasteiger partial charge in [-0.3, -0.25) is 9.35 Å². The first-order valence-electron chi connectivity index (χ1n) is 8.23. The van der Waals surface area contributed by atoms with E-state index in [2.05, 4.69) is 15.5 Å². The summed E-state index contributed by atoms with van der Waals surface area (Å²) < 4.78 is 32.9. The second-order valence-electron chi connectivity index (χ2n) is 6.17. The maximum absolute atomic E-state index is 11.7. The molecule has 0 aliphatic heterocycles. The van der Waals surface area contributed by atoms with Crippen molar-refractivity contribution < 1.29 is 28.0 Å². The molecule has 0 unspecified atom stereocenters. The second kappa shape index (κ2) is 8.48. The first kappa shape index (κ1) is 23.0. The van der Waals surface area contributed by atoms with Crippen LogP contribution in [0.25, 0.3) is 10.8 Å². The van der Waals surface area contributed by atoms with Gasteiger partial charge in [0, 0.05) is 12.3 Å². The molecule has 31 heavy (non-hydrogen) atoms. The Morgan fingerprint density at radius 3 is 2.29 bits per heavy atom. The topological polar surface area (TPSA) is 149 Å². The number of amides is 1. The van der Waals surface area contributed by atoms with E-state index in [1.807, 2.05) is 0 Å². The average Bonchev–Trinajstić information content (AvgIpc) is 2.66. The minimum atomic E-state index is -4.64. The van der Waals surface area contributed by atoms with Crippen molar-refractivity contribution in [2.24, 2.45) is 10.2 Å². The van der Waals surface area contributed by atoms with E-state index in [1.165, 1.54) is 31.2 Å². The number of azo groups is 1. The number of benzene rings is 3. The summed E-state index contributed by atoms with van der Waals surface area (Å²) in [5.74, 6) is -1.54. The Morgan fingerprint density at radius 1 is 1.00 bits per heavy atom. The Morgan fingerprint density at radius 2 is 1.68 bits per heavy atom. The fourth-order valence-electron chi connectivity index (χ4n) is 2.76. The van der Waals surface area contributed by atoms with E-state index in [-0.39, 0.29) is 42.9 Å². The van der Waals surface area contributed by atoms with Gasteiger partial charge in [-0.25, -0.2) is 0 Å². The molecule has 0 aliphatic rings. The Balaban J connectivity index is 2.26. The summed E-state index contributed by atoms with van der Waals surface area (Å²) >= 11 is 17.8. The Bertz CT molecular complexity index is 1350. The number of carbonyl (C=O) groups is 1. The maximum Gasteiger partial charge on any atom is 0.295 e. The Hall–Kier alpha value is -2.63. The molecule has 162 valence electrons. The minimum absolute atomic E-state index is 0.00638. The number of hydrogen-bond acceptors (Lipinski definition) is 7. The lowest BCUT2D eigenvalue weighted by Gasteiger charge is -2.12. The highest BCUT2D eigenvalue weighted by Crippen LogP contribution is 2.46. The fourth-order valence-corrected chi connectivity index (χ4v) is 4.08. The highest BCUT2D eigenvalue weighted by atomic mass is 35.5. The van der Waals surface area contributed by atoms with Gasteiger partial charge in [0.15, 0.2) is 11.5 Å². The summed E-state index contributed by atoms with van der Waals surface area (Å²) in [5, 5.41) is 30.4. The van der Waals surface area contributed by atoms with Crippen LogP contribution >= 0.6 is 34.8 Å². The number of hydrogen-bond donors (Lipinski definition) is 4. The van der Waals surface area contributed by atoms with Crippen LogP contribution < -0.4 is 5.32 Å². The minimum Gasteiger partial charge on any atom is -0.505 e. The number of fused-ring (bicyclic) bond motifs is 1. The lowest BCUT2D eigenvalue weighted by Crippen LogP contribution is -2.07. The molecule has 9 nitrogen and oxygen atoms in total. The number of nitrogens with one attached hydrogen (secondary N) is 1. The monoisotopic (exact) mass is 503 g/mol. The van der Waals surface area contributed by atoms with Crippen molar-refractivity contribution in [3.63, 3.8) is 0 Å². The van der Waals surface area contributed by atoms with Gasteiger partial charge in [-0.05, 0) is 24.3 Å². The largest absolute Gasteiger partial charge is 0.505 e. The van der Waals surface area contributed by atoms with Crippen molar-refractivity contribution >= 4 is 78.7 Å². The van der Waals surface area contributed by atoms with Crippen LogP contribution in [0, 0.1) is 0 Å². The molecule has 0 radical (unpaired) electrons. The summed E-state index contributed by atoms with van der Waals surface area (Å²) in [6, 6.07) is 5.96. The highest BCUT2D eigenvalue weighted by Gasteiger charge is 2.21. The summed E-state index contributed by atoms with van der Waals surface area (Å²) in [6.45, 7) is 1.22. The first-order valence-corrected chi connectivity index (χ1v) is 10.8. The lowest BCUT2D eigenvalue weighted by molar-refractivity contribution is -0.114. The van der Waals surface area contributed by atoms with Crippen LogP contribution in [-0.4, -0.2) is 29.1 Å². The van der Waals surface area contributed by atoms with E-state index >= 15 is 0 Å². The van der Waals surface area contributed by atoms with Crippen molar-refractivity contribution in [1.29, 1.82) is 0 Å². The SMILES string of the molecule is CC(=O)Nc1ccc(S(=O)(=O)O)c2ccc(N=Nc3c(O)c(Cl)cc(Cl)c3Cl)c(O)c12. The number of halogens is 3. The van der Waals surface area contributed by atoms with Gasteiger partial charge >= 0.3 is 0 Å². The molecule has 0 aromatic heterocycles. The van der Waals surface area contributed by atoms with Crippen LogP contribution in [0.4, 0.5) is 17.1 Å². The Labute approximate surface area is 190 Å². The number of phenolic OH excluding ortho intramolecular Hbond substituents is 2. The molecule has 0 atom stereocenters. The van der Waals surface area contributed by atoms with E-state index in [0.717, 1.165) is 6.07 Å². The first-order chi connectivity index (χ1) is 14.4. The summed E-state index contributed by atoms with van der Waals surface area (Å²) in [7, 11) is -4.64. The zero-order valence-electron chi connectivity index (χ0n) is 15.4. The molecule has 1 amide bonds. The van der Waals surface area contributed by atoms with Gasteiger partial charge in [-0.15, -0.1) is 10.2 Å². The third kappa shape index (κ3) is 4.53. The maximum atomic E-state index is 11.7. The quantitative estimate of drug-likeness (QED) is 0.199. The van der Waals surface area contributed by atoms with Crippen LogP contribution in [0.3, 0.4) is 0 Å². The van der Waals surface area contributed by atoms with Crippen molar-refractivity contribution in [1.82, 2.24) is 0 Å². The molecule has 3 aromatic carbocycles. The smallest absolute Gasteiger partial charge is 0.295 e. The molecule has 0 bridgehead atoms. The molecule has 0 fully saturated rings. The van der Waals surface area contributed by atoms with Crippen molar-refractivity contribution in [3.8, 4) is 11.5 Å². The third-order valence-corrected chi connectivity index (χ3v) is 6.04. The number of anilines is 1. The molecule has 13 heteroatoms. The predicted octanol–water partition coefficient (Wildman–Crippen LogP) is 5.83. The van der Waals surface area contributed by atoms with Crippen LogP contribution in [0.2, 0.25) is 15.1 Å². The van der Waals surface area contributed by atoms with Crippen LogP contribution in [0.1, 0.15) is 6.92 Å². The fraction of sp³-hybridized carbons (Fsp3) is 0.0556. The number of rotatable bonds is 4. The molecule has 0 saturated carbocycles. The van der Waals surface area contributed by atoms with Crippen LogP contribution in [0.15, 0.2) is 45.5 Å². The van der Waals surface area contributed by atoms with E-state index in [9.17, 15) is 28.0 Å². The van der Waals surface area contributed by atoms with E-state index < -0.39 is 32.4 Å². The van der Waals surface area contributed by atoms with Crippen molar-refractivity contribution in [2.75, 3.05) is 5.32 Å². The van der Waals surface area contributed by atoms with Crippen LogP contribution in [-0.2, 0) is 14.9 Å². The Kier molecular flexibility index (Phi) is 6.30. The van der Waals surface area contributed by atoms with Gasteiger partial charge in [-0.2, -0.15) is 8.42 Å². The number of carbonyl (C=O) groups excluding carboxylic acids is 1. The van der Waals surface area contributed by atoms with Gasteiger partial charge < -0.3 is 15.5 Å². The molecule has 0 heterocycles. The van der Waals surface area contributed by atoms with Gasteiger partial charge in [0.2, 0.25) is 5.91 Å².